The van der Waals surface area contributed by atoms with Crippen LogP contribution in [0.4, 0.5) is 10.8 Å². The minimum atomic E-state index is -0.562. The number of amides is 1. The highest BCUT2D eigenvalue weighted by Gasteiger charge is 2.17. The van der Waals surface area contributed by atoms with Gasteiger partial charge in [0.25, 0.3) is 11.6 Å². The number of benzene rings is 2. The zero-order chi connectivity index (χ0) is 21.4. The zero-order valence-corrected chi connectivity index (χ0v) is 16.9. The maximum Gasteiger partial charge on any atom is 0.270 e. The molecular formula is C21H16N4O4S. The quantitative estimate of drug-likeness (QED) is 0.374. The first-order valence-corrected chi connectivity index (χ1v) is 9.86. The van der Waals surface area contributed by atoms with Crippen LogP contribution in [0.5, 0.6) is 0 Å². The molecule has 4 aromatic rings. The van der Waals surface area contributed by atoms with Gasteiger partial charge in [0, 0.05) is 40.0 Å². The van der Waals surface area contributed by atoms with Gasteiger partial charge in [-0.2, -0.15) is 0 Å². The Labute approximate surface area is 174 Å². The molecule has 4 rings (SSSR count). The van der Waals surface area contributed by atoms with Gasteiger partial charge in [0.05, 0.1) is 16.2 Å². The largest absolute Gasteiger partial charge is 0.322 e. The van der Waals surface area contributed by atoms with Crippen molar-refractivity contribution >= 4 is 39.0 Å². The van der Waals surface area contributed by atoms with E-state index in [-0.39, 0.29) is 16.6 Å². The molecule has 0 aliphatic rings. The van der Waals surface area contributed by atoms with Crippen LogP contribution in [-0.2, 0) is 0 Å². The number of aromatic amines is 1. The van der Waals surface area contributed by atoms with Gasteiger partial charge in [0.1, 0.15) is 0 Å². The first kappa shape index (κ1) is 19.5. The van der Waals surface area contributed by atoms with Crippen LogP contribution in [0, 0.1) is 24.0 Å². The SMILES string of the molecule is Cc1ccc(-c2csc(NC(=O)c3cc(=O)[nH]c4ccc([N+](=O)[O-])cc34)n2)c(C)c1. The van der Waals surface area contributed by atoms with Crippen molar-refractivity contribution in [1.82, 2.24) is 9.97 Å². The molecular weight excluding hydrogens is 404 g/mol. The van der Waals surface area contributed by atoms with Crippen LogP contribution < -0.4 is 10.9 Å². The molecule has 0 aliphatic heterocycles. The molecule has 30 heavy (non-hydrogen) atoms. The predicted molar refractivity (Wildman–Crippen MR) is 116 cm³/mol. The maximum absolute atomic E-state index is 12.9. The molecule has 2 heterocycles. The Morgan fingerprint density at radius 2 is 1.97 bits per heavy atom. The fourth-order valence-corrected chi connectivity index (χ4v) is 3.97. The summed E-state index contributed by atoms with van der Waals surface area (Å²) >= 11 is 1.26. The number of nitrogens with one attached hydrogen (secondary N) is 2. The van der Waals surface area contributed by atoms with E-state index in [1.165, 1.54) is 29.5 Å². The van der Waals surface area contributed by atoms with Gasteiger partial charge in [0.15, 0.2) is 5.13 Å². The van der Waals surface area contributed by atoms with Gasteiger partial charge in [-0.25, -0.2) is 4.98 Å². The third kappa shape index (κ3) is 3.70. The molecule has 1 amide bonds. The number of rotatable bonds is 4. The van der Waals surface area contributed by atoms with Gasteiger partial charge in [0.2, 0.25) is 5.56 Å². The van der Waals surface area contributed by atoms with Crippen molar-refractivity contribution in [1.29, 1.82) is 0 Å². The number of thiazole rings is 1. The monoisotopic (exact) mass is 420 g/mol. The molecule has 8 nitrogen and oxygen atoms in total. The second-order valence-electron chi connectivity index (χ2n) is 6.84. The lowest BCUT2D eigenvalue weighted by molar-refractivity contribution is -0.384. The molecule has 150 valence electrons. The molecule has 0 atom stereocenters. The number of nitro benzene ring substituents is 1. The molecule has 0 unspecified atom stereocenters. The van der Waals surface area contributed by atoms with E-state index >= 15 is 0 Å². The van der Waals surface area contributed by atoms with Crippen molar-refractivity contribution in [2.45, 2.75) is 13.8 Å². The normalized spacial score (nSPS) is 10.9. The van der Waals surface area contributed by atoms with Crippen LogP contribution >= 0.6 is 11.3 Å². The van der Waals surface area contributed by atoms with E-state index < -0.39 is 16.4 Å². The summed E-state index contributed by atoms with van der Waals surface area (Å²) in [7, 11) is 0. The summed E-state index contributed by atoms with van der Waals surface area (Å²) in [4.78, 5) is 42.4. The van der Waals surface area contributed by atoms with Crippen LogP contribution in [0.15, 0.2) is 52.6 Å². The molecule has 0 radical (unpaired) electrons. The maximum atomic E-state index is 12.9. The van der Waals surface area contributed by atoms with Crippen molar-refractivity contribution in [3.8, 4) is 11.3 Å². The number of carbonyl (C=O) groups excluding carboxylic acids is 1. The number of H-pyrrole nitrogens is 1. The average molecular weight is 420 g/mol. The van der Waals surface area contributed by atoms with Crippen molar-refractivity contribution in [2.24, 2.45) is 0 Å². The number of anilines is 1. The molecule has 0 bridgehead atoms. The first-order valence-electron chi connectivity index (χ1n) is 8.98. The number of carbonyl (C=O) groups is 1. The minimum absolute atomic E-state index is 0.0423. The van der Waals surface area contributed by atoms with E-state index in [0.29, 0.717) is 10.6 Å². The molecule has 0 saturated carbocycles. The van der Waals surface area contributed by atoms with Gasteiger partial charge in [-0.1, -0.05) is 23.8 Å². The fraction of sp³-hybridized carbons (Fsp3) is 0.0952. The summed E-state index contributed by atoms with van der Waals surface area (Å²) in [6.45, 7) is 4.01. The van der Waals surface area contributed by atoms with E-state index in [4.69, 9.17) is 0 Å². The predicted octanol–water partition coefficient (Wildman–Crippen LogP) is 4.43. The molecule has 0 saturated heterocycles. The van der Waals surface area contributed by atoms with Gasteiger partial charge in [-0.05, 0) is 25.5 Å². The van der Waals surface area contributed by atoms with Gasteiger partial charge in [-0.15, -0.1) is 11.3 Å². The summed E-state index contributed by atoms with van der Waals surface area (Å²) in [5.41, 5.74) is 3.66. The topological polar surface area (TPSA) is 118 Å². The van der Waals surface area contributed by atoms with Crippen LogP contribution in [0.3, 0.4) is 0 Å². The third-order valence-electron chi connectivity index (χ3n) is 4.66. The molecule has 2 aromatic heterocycles. The summed E-state index contributed by atoms with van der Waals surface area (Å²) in [6.07, 6.45) is 0. The van der Waals surface area contributed by atoms with E-state index in [1.54, 1.807) is 0 Å². The number of nitro groups is 1. The summed E-state index contributed by atoms with van der Waals surface area (Å²) < 4.78 is 0. The minimum Gasteiger partial charge on any atom is -0.322 e. The lowest BCUT2D eigenvalue weighted by Gasteiger charge is -2.06. The molecule has 0 fully saturated rings. The van der Waals surface area contributed by atoms with Crippen molar-refractivity contribution in [3.63, 3.8) is 0 Å². The number of nitrogens with zero attached hydrogens (tertiary/aromatic N) is 2. The number of fused-ring (bicyclic) bond motifs is 1. The van der Waals surface area contributed by atoms with Crippen molar-refractivity contribution in [3.05, 3.63) is 85.0 Å². The highest BCUT2D eigenvalue weighted by molar-refractivity contribution is 7.14. The van der Waals surface area contributed by atoms with E-state index in [1.807, 2.05) is 31.4 Å². The summed E-state index contributed by atoms with van der Waals surface area (Å²) in [6, 6.07) is 11.1. The Hall–Kier alpha value is -3.85. The Morgan fingerprint density at radius 3 is 2.70 bits per heavy atom. The van der Waals surface area contributed by atoms with Crippen molar-refractivity contribution in [2.75, 3.05) is 5.32 Å². The zero-order valence-electron chi connectivity index (χ0n) is 16.1. The highest BCUT2D eigenvalue weighted by Crippen LogP contribution is 2.29. The van der Waals surface area contributed by atoms with E-state index in [2.05, 4.69) is 21.4 Å². The third-order valence-corrected chi connectivity index (χ3v) is 5.42. The molecule has 2 N–H and O–H groups in total. The lowest BCUT2D eigenvalue weighted by atomic mass is 10.0. The molecule has 0 aliphatic carbocycles. The number of pyridine rings is 1. The standard InChI is InChI=1S/C21H16N4O4S/c1-11-3-5-14(12(2)7-11)18-10-30-21(23-18)24-20(27)16-9-19(26)22-17-6-4-13(25(28)29)8-15(16)17/h3-10H,1-2H3,(H,22,26)(H,23,24,27). The van der Waals surface area contributed by atoms with Crippen LogP contribution in [-0.4, -0.2) is 20.8 Å². The molecule has 0 spiro atoms. The Balaban J connectivity index is 1.68. The smallest absolute Gasteiger partial charge is 0.270 e. The van der Waals surface area contributed by atoms with Gasteiger partial charge >= 0.3 is 0 Å². The van der Waals surface area contributed by atoms with Crippen LogP contribution in [0.25, 0.3) is 22.2 Å². The Bertz CT molecular complexity index is 1370. The lowest BCUT2D eigenvalue weighted by Crippen LogP contribution is -2.17. The Morgan fingerprint density at radius 1 is 1.17 bits per heavy atom. The summed E-state index contributed by atoms with van der Waals surface area (Å²) in [5, 5.41) is 16.3. The average Bonchev–Trinajstić information content (AvgIpc) is 3.14. The summed E-state index contributed by atoms with van der Waals surface area (Å²) in [5.74, 6) is -0.562. The molecule has 9 heteroatoms. The number of aromatic nitrogens is 2. The number of aryl methyl sites for hydroxylation is 2. The molecule has 2 aromatic carbocycles. The van der Waals surface area contributed by atoms with Crippen LogP contribution in [0.1, 0.15) is 21.5 Å². The van der Waals surface area contributed by atoms with Gasteiger partial charge < -0.3 is 4.98 Å². The second-order valence-corrected chi connectivity index (χ2v) is 7.70. The van der Waals surface area contributed by atoms with E-state index in [0.717, 1.165) is 28.5 Å². The van der Waals surface area contributed by atoms with Crippen molar-refractivity contribution < 1.29 is 9.72 Å². The van der Waals surface area contributed by atoms with E-state index in [9.17, 15) is 19.7 Å². The van der Waals surface area contributed by atoms with Gasteiger partial charge in [-0.3, -0.25) is 25.0 Å². The fourth-order valence-electron chi connectivity index (χ4n) is 3.26. The number of non-ortho nitro benzene ring substituents is 1. The van der Waals surface area contributed by atoms with Crippen LogP contribution in [0.2, 0.25) is 0 Å². The number of hydrogen-bond acceptors (Lipinski definition) is 6. The Kier molecular flexibility index (Phi) is 4.88. The number of hydrogen-bond donors (Lipinski definition) is 2. The first-order chi connectivity index (χ1) is 14.3. The highest BCUT2D eigenvalue weighted by atomic mass is 32.1. The second kappa shape index (κ2) is 7.53.